The minimum atomic E-state index is 0.939. The molecule has 0 amide bonds. The molecule has 8 bridgehead atoms. The second-order valence-electron chi connectivity index (χ2n) is 6.67. The van der Waals surface area contributed by atoms with Gasteiger partial charge >= 0.3 is 0 Å². The monoisotopic (exact) mass is 378 g/mol. The third-order valence-electron chi connectivity index (χ3n) is 4.45. The van der Waals surface area contributed by atoms with Gasteiger partial charge in [-0.25, -0.2) is 15.0 Å². The first-order chi connectivity index (χ1) is 14.3. The van der Waals surface area contributed by atoms with Gasteiger partial charge in [0.1, 0.15) is 0 Å². The molecule has 2 aliphatic heterocycles. The van der Waals surface area contributed by atoms with Crippen LogP contribution >= 0.6 is 0 Å². The molecule has 4 aromatic rings. The van der Waals surface area contributed by atoms with Crippen LogP contribution in [0.4, 0.5) is 0 Å². The van der Waals surface area contributed by atoms with E-state index in [2.05, 4.69) is 54.2 Å². The second kappa shape index (κ2) is 7.44. The highest BCUT2D eigenvalue weighted by Crippen LogP contribution is 2.16. The molecule has 6 nitrogen and oxygen atoms in total. The molecular formula is C23H18N6. The quantitative estimate of drug-likeness (QED) is 0.345. The van der Waals surface area contributed by atoms with Crippen molar-refractivity contribution in [1.29, 1.82) is 0 Å². The Hall–Kier alpha value is -4.19. The lowest BCUT2D eigenvalue weighted by atomic mass is 10.3. The first kappa shape index (κ1) is 16.9. The minimum Gasteiger partial charge on any atom is -0.355 e. The Morgan fingerprint density at radius 2 is 0.966 bits per heavy atom. The molecule has 6 heterocycles. The largest absolute Gasteiger partial charge is 0.355 e. The summed E-state index contributed by atoms with van der Waals surface area (Å²) in [4.78, 5) is 22.4. The number of hydrogen-bond donors (Lipinski definition) is 3. The van der Waals surface area contributed by atoms with Crippen molar-refractivity contribution in [1.82, 2.24) is 29.9 Å². The van der Waals surface area contributed by atoms with Crippen molar-refractivity contribution in [2.24, 2.45) is 0 Å². The number of nitrogens with one attached hydrogen (secondary N) is 3. The summed E-state index contributed by atoms with van der Waals surface area (Å²) in [6.07, 6.45) is 13.2. The van der Waals surface area contributed by atoms with E-state index in [0.29, 0.717) is 0 Å². The highest BCUT2D eigenvalue weighted by Gasteiger charge is 2.01. The van der Waals surface area contributed by atoms with Crippen molar-refractivity contribution in [3.8, 4) is 0 Å². The third kappa shape index (κ3) is 4.06. The van der Waals surface area contributed by atoms with Crippen molar-refractivity contribution in [2.45, 2.75) is 0 Å². The molecule has 4 aromatic heterocycles. The van der Waals surface area contributed by atoms with Gasteiger partial charge in [-0.05, 0) is 72.8 Å². The molecule has 140 valence electrons. The summed E-state index contributed by atoms with van der Waals surface area (Å²) in [7, 11) is 0. The molecule has 0 saturated heterocycles. The molecule has 0 unspecified atom stereocenters. The van der Waals surface area contributed by atoms with Crippen molar-refractivity contribution >= 4 is 46.4 Å². The van der Waals surface area contributed by atoms with Gasteiger partial charge in [0, 0.05) is 34.5 Å². The number of aromatic amines is 3. The maximum absolute atomic E-state index is 4.63. The average molecular weight is 378 g/mol. The number of fused-ring (bicyclic) bond motifs is 8. The van der Waals surface area contributed by atoms with Gasteiger partial charge in [-0.3, -0.25) is 0 Å². The molecule has 0 aromatic carbocycles. The Morgan fingerprint density at radius 1 is 0.552 bits per heavy atom. The standard InChI is InChI=1S/C20H14N4.C3H4N2/c1-2-14-10-16-5-6-18(23-16)12-20-8-7-19(24-20)11-17-4-3-15(22-17)9-13(1)21-14;1-2-5-3-4-1/h1-12,21,24H;1-3H,(H,4,5). The number of imidazole rings is 1. The Balaban J connectivity index is 0.000000319. The van der Waals surface area contributed by atoms with E-state index in [9.17, 15) is 0 Å². The van der Waals surface area contributed by atoms with Gasteiger partial charge in [-0.1, -0.05) is 0 Å². The predicted molar refractivity (Wildman–Crippen MR) is 117 cm³/mol. The van der Waals surface area contributed by atoms with Crippen LogP contribution in [-0.4, -0.2) is 29.9 Å². The number of hydrogen-bond acceptors (Lipinski definition) is 3. The van der Waals surface area contributed by atoms with E-state index in [-0.39, 0.29) is 0 Å². The summed E-state index contributed by atoms with van der Waals surface area (Å²) in [5.74, 6) is 0. The lowest BCUT2D eigenvalue weighted by Gasteiger charge is -1.85. The summed E-state index contributed by atoms with van der Waals surface area (Å²) >= 11 is 0. The Bertz CT molecular complexity index is 1160. The topological polar surface area (TPSA) is 86.0 Å². The van der Waals surface area contributed by atoms with E-state index in [4.69, 9.17) is 0 Å². The van der Waals surface area contributed by atoms with Crippen LogP contribution in [0.2, 0.25) is 0 Å². The van der Waals surface area contributed by atoms with Crippen LogP contribution in [0.3, 0.4) is 0 Å². The van der Waals surface area contributed by atoms with Gasteiger partial charge in [-0.15, -0.1) is 0 Å². The minimum absolute atomic E-state index is 0.939. The zero-order valence-corrected chi connectivity index (χ0v) is 15.5. The number of nitrogens with zero attached hydrogens (tertiary/aromatic N) is 3. The highest BCUT2D eigenvalue weighted by atomic mass is 14.8. The molecule has 29 heavy (non-hydrogen) atoms. The summed E-state index contributed by atoms with van der Waals surface area (Å²) in [6, 6.07) is 16.4. The first-order valence-corrected chi connectivity index (χ1v) is 9.27. The summed E-state index contributed by atoms with van der Waals surface area (Å²) in [5, 5.41) is 0. The molecule has 6 heteroatoms. The van der Waals surface area contributed by atoms with Crippen LogP contribution < -0.4 is 0 Å². The molecule has 0 atom stereocenters. The molecule has 0 radical (unpaired) electrons. The molecule has 0 aliphatic carbocycles. The summed E-state index contributed by atoms with van der Waals surface area (Å²) in [6.45, 7) is 0. The van der Waals surface area contributed by atoms with Crippen molar-refractivity contribution in [3.63, 3.8) is 0 Å². The number of H-pyrrole nitrogens is 3. The van der Waals surface area contributed by atoms with Crippen LogP contribution in [0.5, 0.6) is 0 Å². The molecule has 0 spiro atoms. The van der Waals surface area contributed by atoms with E-state index in [0.717, 1.165) is 44.8 Å². The maximum Gasteiger partial charge on any atom is 0.0919 e. The van der Waals surface area contributed by atoms with Gasteiger partial charge < -0.3 is 15.0 Å². The smallest absolute Gasteiger partial charge is 0.0919 e. The molecule has 0 saturated carbocycles. The van der Waals surface area contributed by atoms with Crippen molar-refractivity contribution in [2.75, 3.05) is 0 Å². The highest BCUT2D eigenvalue weighted by molar-refractivity contribution is 5.77. The lowest BCUT2D eigenvalue weighted by Crippen LogP contribution is -1.75. The maximum atomic E-state index is 4.63. The zero-order chi connectivity index (χ0) is 19.5. The van der Waals surface area contributed by atoms with E-state index in [1.165, 1.54) is 0 Å². The van der Waals surface area contributed by atoms with Crippen LogP contribution in [0.1, 0.15) is 22.8 Å². The van der Waals surface area contributed by atoms with E-state index in [1.54, 1.807) is 18.7 Å². The molecule has 6 rings (SSSR count). The van der Waals surface area contributed by atoms with E-state index in [1.807, 2.05) is 48.6 Å². The molecular weight excluding hydrogens is 360 g/mol. The van der Waals surface area contributed by atoms with Crippen LogP contribution in [0.25, 0.3) is 46.4 Å². The zero-order valence-electron chi connectivity index (χ0n) is 15.5. The van der Waals surface area contributed by atoms with Crippen LogP contribution in [0, 0.1) is 0 Å². The Morgan fingerprint density at radius 3 is 1.24 bits per heavy atom. The molecule has 2 aliphatic rings. The second-order valence-corrected chi connectivity index (χ2v) is 6.67. The van der Waals surface area contributed by atoms with Crippen LogP contribution in [0.15, 0.2) is 67.3 Å². The lowest BCUT2D eigenvalue weighted by molar-refractivity contribution is 1.31. The molecule has 3 N–H and O–H groups in total. The summed E-state index contributed by atoms with van der Waals surface area (Å²) < 4.78 is 0. The predicted octanol–water partition coefficient (Wildman–Crippen LogP) is 5.07. The van der Waals surface area contributed by atoms with Crippen LogP contribution in [-0.2, 0) is 0 Å². The van der Waals surface area contributed by atoms with Gasteiger partial charge in [0.05, 0.1) is 29.1 Å². The van der Waals surface area contributed by atoms with Crippen molar-refractivity contribution in [3.05, 3.63) is 90.0 Å². The number of rotatable bonds is 0. The van der Waals surface area contributed by atoms with E-state index >= 15 is 0 Å². The van der Waals surface area contributed by atoms with Gasteiger partial charge in [0.25, 0.3) is 0 Å². The van der Waals surface area contributed by atoms with Gasteiger partial charge in [0.2, 0.25) is 0 Å². The Kier molecular flexibility index (Phi) is 4.35. The summed E-state index contributed by atoms with van der Waals surface area (Å²) in [5.41, 5.74) is 7.86. The molecule has 0 fully saturated rings. The fourth-order valence-electron chi connectivity index (χ4n) is 3.16. The number of aromatic nitrogens is 6. The fraction of sp³-hybridized carbons (Fsp3) is 0. The normalized spacial score (nSPS) is 11.9. The Labute approximate surface area is 166 Å². The van der Waals surface area contributed by atoms with E-state index < -0.39 is 0 Å². The SMILES string of the molecule is C1=Cc2cc3ccc(cc4nc(cc5ccc(cc1n2)[nH]5)C=C4)[nH]3.c1c[nH]cn1. The van der Waals surface area contributed by atoms with Crippen molar-refractivity contribution < 1.29 is 0 Å². The van der Waals surface area contributed by atoms with Gasteiger partial charge in [-0.2, -0.15) is 0 Å². The first-order valence-electron chi connectivity index (χ1n) is 9.27. The average Bonchev–Trinajstić information content (AvgIpc) is 3.50. The fourth-order valence-corrected chi connectivity index (χ4v) is 3.16. The van der Waals surface area contributed by atoms with Gasteiger partial charge in [0.15, 0.2) is 0 Å². The third-order valence-corrected chi connectivity index (χ3v) is 4.45.